The number of thioether (sulfide) groups is 2. The molecule has 2 heterocycles. The van der Waals surface area contributed by atoms with Crippen molar-refractivity contribution in [3.05, 3.63) is 29.8 Å². The molecule has 1 spiro atoms. The van der Waals surface area contributed by atoms with E-state index in [0.717, 1.165) is 29.2 Å². The van der Waals surface area contributed by atoms with Crippen molar-refractivity contribution in [1.82, 2.24) is 4.98 Å². The lowest BCUT2D eigenvalue weighted by Gasteiger charge is -2.54. The van der Waals surface area contributed by atoms with Crippen molar-refractivity contribution in [2.45, 2.75) is 75.8 Å². The Labute approximate surface area is 221 Å². The molecule has 1 fully saturated rings. The van der Waals surface area contributed by atoms with Gasteiger partial charge in [-0.1, -0.05) is 44.8 Å². The summed E-state index contributed by atoms with van der Waals surface area (Å²) in [5, 5.41) is 0.00742. The summed E-state index contributed by atoms with van der Waals surface area (Å²) in [4.78, 5) is 4.81. The third-order valence-corrected chi connectivity index (χ3v) is 16.0. The molecule has 194 valence electrons. The summed E-state index contributed by atoms with van der Waals surface area (Å²) in [5.41, 5.74) is 0.336. The monoisotopic (exact) mass is 535 g/mol. The second kappa shape index (κ2) is 10.3. The number of hydrogen-bond acceptors (Lipinski definition) is 7. The summed E-state index contributed by atoms with van der Waals surface area (Å²) in [7, 11) is 1.01. The number of methoxy groups -OCH3 is 2. The molecular weight excluding hydrogens is 495 g/mol. The fraction of sp³-hybridized carbons (Fsp3) is 0.667. The van der Waals surface area contributed by atoms with Gasteiger partial charge >= 0.3 is 5.95 Å². The van der Waals surface area contributed by atoms with Crippen LogP contribution in [0.25, 0.3) is 5.57 Å². The van der Waals surface area contributed by atoms with Crippen molar-refractivity contribution in [2.75, 3.05) is 32.3 Å². The van der Waals surface area contributed by atoms with E-state index in [4.69, 9.17) is 23.3 Å². The zero-order chi connectivity index (χ0) is 26.1. The van der Waals surface area contributed by atoms with Gasteiger partial charge in [0.1, 0.15) is 17.9 Å². The van der Waals surface area contributed by atoms with Gasteiger partial charge in [-0.3, -0.25) is 0 Å². The van der Waals surface area contributed by atoms with E-state index in [1.165, 1.54) is 0 Å². The molecule has 1 saturated heterocycles. The van der Waals surface area contributed by atoms with Crippen LogP contribution in [0.15, 0.2) is 22.6 Å². The van der Waals surface area contributed by atoms with Crippen molar-refractivity contribution in [2.24, 2.45) is 5.41 Å². The molecule has 0 amide bonds. The van der Waals surface area contributed by atoms with Crippen molar-refractivity contribution >= 4 is 37.4 Å². The number of rotatable bonds is 7. The number of aryl methyl sites for hydroxylation is 1. The second-order valence-corrected chi connectivity index (χ2v) is 18.6. The third kappa shape index (κ3) is 4.80. The average molecular weight is 536 g/mol. The Morgan fingerprint density at radius 2 is 1.89 bits per heavy atom. The average Bonchev–Trinajstić information content (AvgIpc) is 3.47. The first kappa shape index (κ1) is 28.5. The summed E-state index contributed by atoms with van der Waals surface area (Å²) in [5.74, 6) is 10.1. The first-order valence-corrected chi connectivity index (χ1v) is 17.0. The molecule has 1 aromatic rings. The molecule has 0 aromatic carbocycles. The molecule has 1 aromatic heterocycles. The lowest BCUT2D eigenvalue weighted by molar-refractivity contribution is 0.0596. The summed E-state index contributed by atoms with van der Waals surface area (Å²) in [6.45, 7) is 18.0. The van der Waals surface area contributed by atoms with Crippen LogP contribution in [0.5, 0.6) is 5.95 Å². The Morgan fingerprint density at radius 3 is 2.40 bits per heavy atom. The molecule has 2 aliphatic rings. The molecule has 8 heteroatoms. The minimum absolute atomic E-state index is 0.00742. The van der Waals surface area contributed by atoms with Gasteiger partial charge in [0.25, 0.3) is 0 Å². The van der Waals surface area contributed by atoms with E-state index in [2.05, 4.69) is 70.9 Å². The van der Waals surface area contributed by atoms with Crippen molar-refractivity contribution in [3.63, 3.8) is 0 Å². The van der Waals surface area contributed by atoms with E-state index < -0.39 is 19.3 Å². The maximum atomic E-state index is 7.42. The van der Waals surface area contributed by atoms with Crippen LogP contribution in [0.4, 0.5) is 0 Å². The van der Waals surface area contributed by atoms with Gasteiger partial charge in [-0.05, 0) is 51.4 Å². The number of ether oxygens (including phenoxy) is 2. The van der Waals surface area contributed by atoms with Crippen LogP contribution < -0.4 is 4.74 Å². The first-order valence-electron chi connectivity index (χ1n) is 12.2. The smallest absolute Gasteiger partial charge is 0.308 e. The van der Waals surface area contributed by atoms with E-state index >= 15 is 0 Å². The number of aromatic nitrogens is 1. The van der Waals surface area contributed by atoms with E-state index in [1.54, 1.807) is 14.2 Å². The molecule has 0 bridgehead atoms. The van der Waals surface area contributed by atoms with Crippen molar-refractivity contribution < 1.29 is 18.3 Å². The van der Waals surface area contributed by atoms with Gasteiger partial charge in [0.2, 0.25) is 5.89 Å². The molecule has 2 unspecified atom stereocenters. The van der Waals surface area contributed by atoms with Crippen LogP contribution in [-0.2, 0) is 9.16 Å². The maximum absolute atomic E-state index is 7.42. The number of allylic oxidation sites excluding steroid dienone is 2. The maximum Gasteiger partial charge on any atom is 0.308 e. The lowest BCUT2D eigenvalue weighted by Crippen LogP contribution is -2.60. The SMILES string of the molecule is C/C=C\C(C#CCOC)(O[Si](C)(C)C(C)(C)C)C1(C)C(c2nc(C)c(OC)o2)=CCC12SCCS2. The van der Waals surface area contributed by atoms with Crippen LogP contribution in [-0.4, -0.2) is 55.3 Å². The first-order chi connectivity index (χ1) is 16.3. The molecule has 0 radical (unpaired) electrons. The van der Waals surface area contributed by atoms with Crippen LogP contribution in [0.2, 0.25) is 18.1 Å². The van der Waals surface area contributed by atoms with Gasteiger partial charge in [0.15, 0.2) is 8.32 Å². The largest absolute Gasteiger partial charge is 0.467 e. The summed E-state index contributed by atoms with van der Waals surface area (Å²) < 4.78 is 24.3. The van der Waals surface area contributed by atoms with Crippen LogP contribution in [0.3, 0.4) is 0 Å². The predicted octanol–water partition coefficient (Wildman–Crippen LogP) is 6.95. The minimum Gasteiger partial charge on any atom is -0.467 e. The molecule has 35 heavy (non-hydrogen) atoms. The van der Waals surface area contributed by atoms with Gasteiger partial charge in [-0.15, -0.1) is 23.5 Å². The zero-order valence-corrected chi connectivity index (χ0v) is 25.6. The molecule has 2 atom stereocenters. The highest BCUT2D eigenvalue weighted by atomic mass is 32.2. The Bertz CT molecular complexity index is 1040. The Balaban J connectivity index is 2.34. The van der Waals surface area contributed by atoms with E-state index in [-0.39, 0.29) is 9.12 Å². The van der Waals surface area contributed by atoms with Gasteiger partial charge in [-0.25, -0.2) is 4.98 Å². The molecule has 1 aliphatic heterocycles. The summed E-state index contributed by atoms with van der Waals surface area (Å²) in [6, 6.07) is 0. The highest BCUT2D eigenvalue weighted by Crippen LogP contribution is 2.70. The normalized spacial score (nSPS) is 23.9. The highest BCUT2D eigenvalue weighted by Gasteiger charge is 2.68. The quantitative estimate of drug-likeness (QED) is 0.213. The van der Waals surface area contributed by atoms with Crippen molar-refractivity contribution in [3.8, 4) is 17.8 Å². The summed E-state index contributed by atoms with van der Waals surface area (Å²) in [6.07, 6.45) is 7.43. The fourth-order valence-electron chi connectivity index (χ4n) is 4.71. The number of hydrogen-bond donors (Lipinski definition) is 0. The topological polar surface area (TPSA) is 53.7 Å². The molecule has 0 saturated carbocycles. The summed E-state index contributed by atoms with van der Waals surface area (Å²) >= 11 is 4.03. The zero-order valence-electron chi connectivity index (χ0n) is 23.0. The predicted molar refractivity (Wildman–Crippen MR) is 152 cm³/mol. The van der Waals surface area contributed by atoms with Gasteiger partial charge in [0, 0.05) is 24.2 Å². The lowest BCUT2D eigenvalue weighted by atomic mass is 9.67. The molecular formula is C27H41NO4S2Si. The van der Waals surface area contributed by atoms with Crippen molar-refractivity contribution in [1.29, 1.82) is 0 Å². The second-order valence-electron chi connectivity index (χ2n) is 10.8. The van der Waals surface area contributed by atoms with E-state index in [1.807, 2.05) is 37.4 Å². The van der Waals surface area contributed by atoms with Gasteiger partial charge in [-0.2, -0.15) is 0 Å². The van der Waals surface area contributed by atoms with Gasteiger partial charge in [0.05, 0.1) is 16.6 Å². The van der Waals surface area contributed by atoms with Crippen LogP contribution in [0, 0.1) is 24.2 Å². The van der Waals surface area contributed by atoms with Crippen LogP contribution >= 0.6 is 23.5 Å². The van der Waals surface area contributed by atoms with Crippen LogP contribution in [0.1, 0.15) is 52.6 Å². The molecule has 0 N–H and O–H groups in total. The highest BCUT2D eigenvalue weighted by molar-refractivity contribution is 8.21. The van der Waals surface area contributed by atoms with E-state index in [0.29, 0.717) is 18.4 Å². The standard InChI is InChI=1S/C27H41NO4S2Si/c1-11-14-26(15-12-17-29-7,32-35(9,10)24(3,4)5)25(6)21(13-16-27(25)33-18-19-34-27)22-28-20(2)23(30-8)31-22/h11,13-14H,16-19H2,1-10H3/b14-11-. The Morgan fingerprint density at radius 1 is 1.23 bits per heavy atom. The molecule has 5 nitrogen and oxygen atoms in total. The minimum atomic E-state index is -2.28. The van der Waals surface area contributed by atoms with E-state index in [9.17, 15) is 0 Å². The fourth-order valence-corrected chi connectivity index (χ4v) is 9.80. The number of nitrogens with zero attached hydrogens (tertiary/aromatic N) is 1. The van der Waals surface area contributed by atoms with Gasteiger partial charge < -0.3 is 18.3 Å². The molecule has 1 aliphatic carbocycles. The molecule has 3 rings (SSSR count). The Hall–Kier alpha value is -1.11. The Kier molecular flexibility index (Phi) is 8.40. The number of oxazole rings is 1. The third-order valence-electron chi connectivity index (χ3n) is 7.66.